The van der Waals surface area contributed by atoms with Crippen molar-refractivity contribution in [2.24, 2.45) is 12.0 Å². The zero-order valence-corrected chi connectivity index (χ0v) is 7.06. The zero-order chi connectivity index (χ0) is 9.26. The molecule has 0 aliphatic carbocycles. The average Bonchev–Trinajstić information content (AvgIpc) is 2.50. The minimum absolute atomic E-state index is 0.604. The number of nitrogens with zero attached hydrogens (tertiary/aromatic N) is 3. The first kappa shape index (κ1) is 7.71. The molecule has 0 N–H and O–H groups in total. The first-order valence-corrected chi connectivity index (χ1v) is 3.81. The van der Waals surface area contributed by atoms with Gasteiger partial charge in [-0.25, -0.2) is 4.79 Å². The van der Waals surface area contributed by atoms with Gasteiger partial charge in [-0.05, 0) is 6.07 Å². The van der Waals surface area contributed by atoms with E-state index in [-0.39, 0.29) is 0 Å². The largest absolute Gasteiger partial charge is 0.266 e. The lowest BCUT2D eigenvalue weighted by molar-refractivity contribution is 0.565. The smallest absolute Gasteiger partial charge is 0.240 e. The molecule has 1 aromatic heterocycles. The highest BCUT2D eigenvalue weighted by Crippen LogP contribution is 2.24. The second-order valence-electron chi connectivity index (χ2n) is 2.69. The number of hydrogen-bond donors (Lipinski definition) is 0. The number of fused-ring (bicyclic) bond motifs is 1. The number of rotatable bonds is 1. The summed E-state index contributed by atoms with van der Waals surface area (Å²) in [6.45, 7) is 0. The molecule has 0 atom stereocenters. The first-order chi connectivity index (χ1) is 6.33. The highest BCUT2D eigenvalue weighted by Gasteiger charge is 2.03. The van der Waals surface area contributed by atoms with Gasteiger partial charge in [0.25, 0.3) is 0 Å². The number of para-hydroxylation sites is 1. The van der Waals surface area contributed by atoms with E-state index in [9.17, 15) is 4.79 Å². The molecule has 0 saturated carbocycles. The molecule has 0 aliphatic heterocycles. The predicted octanol–water partition coefficient (Wildman–Crippen LogP) is 1.54. The standard InChI is InChI=1S/C9H7N3O/c1-12-9-7(5-11-12)3-2-4-8(9)10-6-13/h2-5H,1H3. The highest BCUT2D eigenvalue weighted by atomic mass is 16.1. The third-order valence-electron chi connectivity index (χ3n) is 1.91. The van der Waals surface area contributed by atoms with Crippen molar-refractivity contribution in [2.45, 2.75) is 0 Å². The van der Waals surface area contributed by atoms with Crippen molar-refractivity contribution in [1.29, 1.82) is 0 Å². The number of benzene rings is 1. The zero-order valence-electron chi connectivity index (χ0n) is 7.06. The predicted molar refractivity (Wildman–Crippen MR) is 48.5 cm³/mol. The van der Waals surface area contributed by atoms with Crippen molar-refractivity contribution in [3.63, 3.8) is 0 Å². The maximum Gasteiger partial charge on any atom is 0.240 e. The molecule has 1 heterocycles. The molecule has 0 saturated heterocycles. The van der Waals surface area contributed by atoms with E-state index in [2.05, 4.69) is 10.1 Å². The molecule has 4 nitrogen and oxygen atoms in total. The molecule has 0 amide bonds. The van der Waals surface area contributed by atoms with Crippen LogP contribution in [0.2, 0.25) is 0 Å². The molecule has 0 bridgehead atoms. The Labute approximate surface area is 74.5 Å². The van der Waals surface area contributed by atoms with Crippen LogP contribution in [-0.4, -0.2) is 15.9 Å². The van der Waals surface area contributed by atoms with E-state index in [1.54, 1.807) is 16.9 Å². The van der Waals surface area contributed by atoms with Crippen LogP contribution in [0.15, 0.2) is 29.4 Å². The summed E-state index contributed by atoms with van der Waals surface area (Å²) in [7, 11) is 1.81. The lowest BCUT2D eigenvalue weighted by Crippen LogP contribution is -1.88. The van der Waals surface area contributed by atoms with Crippen molar-refractivity contribution in [3.05, 3.63) is 24.4 Å². The van der Waals surface area contributed by atoms with Crippen LogP contribution in [0.1, 0.15) is 0 Å². The molecule has 0 unspecified atom stereocenters. The average molecular weight is 173 g/mol. The molecular weight excluding hydrogens is 166 g/mol. The third kappa shape index (κ3) is 1.13. The van der Waals surface area contributed by atoms with Crippen LogP contribution in [0.3, 0.4) is 0 Å². The van der Waals surface area contributed by atoms with Gasteiger partial charge in [-0.1, -0.05) is 12.1 Å². The van der Waals surface area contributed by atoms with Crippen LogP contribution < -0.4 is 0 Å². The minimum Gasteiger partial charge on any atom is -0.266 e. The molecule has 0 radical (unpaired) electrons. The van der Waals surface area contributed by atoms with Gasteiger partial charge < -0.3 is 0 Å². The van der Waals surface area contributed by atoms with Crippen LogP contribution in [-0.2, 0) is 11.8 Å². The molecule has 0 spiro atoms. The van der Waals surface area contributed by atoms with Gasteiger partial charge in [0.15, 0.2) is 0 Å². The van der Waals surface area contributed by atoms with Crippen molar-refractivity contribution in [2.75, 3.05) is 0 Å². The molecule has 0 aliphatic rings. The summed E-state index contributed by atoms with van der Waals surface area (Å²) in [5, 5.41) is 5.04. The molecule has 2 aromatic rings. The lowest BCUT2D eigenvalue weighted by atomic mass is 10.2. The minimum atomic E-state index is 0.604. The summed E-state index contributed by atoms with van der Waals surface area (Å²) >= 11 is 0. The Hall–Kier alpha value is -1.93. The highest BCUT2D eigenvalue weighted by molar-refractivity contribution is 5.89. The molecule has 13 heavy (non-hydrogen) atoms. The SMILES string of the molecule is Cn1ncc2cccc(N=C=O)c21. The number of isocyanates is 1. The van der Waals surface area contributed by atoms with Crippen molar-refractivity contribution in [1.82, 2.24) is 9.78 Å². The number of aliphatic imine (C=N–C) groups is 1. The Kier molecular flexibility index (Phi) is 1.69. The van der Waals surface area contributed by atoms with Crippen LogP contribution in [0.5, 0.6) is 0 Å². The maximum absolute atomic E-state index is 10.1. The summed E-state index contributed by atoms with van der Waals surface area (Å²) in [6, 6.07) is 5.52. The Bertz CT molecular complexity index is 495. The normalized spacial score (nSPS) is 9.92. The Balaban J connectivity index is 2.87. The van der Waals surface area contributed by atoms with Gasteiger partial charge in [0.05, 0.1) is 11.7 Å². The summed E-state index contributed by atoms with van der Waals surface area (Å²) in [6.07, 6.45) is 3.26. The first-order valence-electron chi connectivity index (χ1n) is 3.81. The Morgan fingerprint density at radius 3 is 3.15 bits per heavy atom. The molecule has 4 heteroatoms. The summed E-state index contributed by atoms with van der Waals surface area (Å²) in [4.78, 5) is 13.7. The van der Waals surface area contributed by atoms with Crippen molar-refractivity contribution in [3.8, 4) is 0 Å². The van der Waals surface area contributed by atoms with E-state index in [0.717, 1.165) is 10.9 Å². The van der Waals surface area contributed by atoms with Crippen molar-refractivity contribution < 1.29 is 4.79 Å². The second kappa shape index (κ2) is 2.84. The van der Waals surface area contributed by atoms with Gasteiger partial charge in [0, 0.05) is 12.4 Å². The number of carbonyl (C=O) groups excluding carboxylic acids is 1. The van der Waals surface area contributed by atoms with Gasteiger partial charge in [-0.2, -0.15) is 10.1 Å². The quantitative estimate of drug-likeness (QED) is 0.485. The topological polar surface area (TPSA) is 47.2 Å². The van der Waals surface area contributed by atoms with Crippen LogP contribution in [0.4, 0.5) is 5.69 Å². The van der Waals surface area contributed by atoms with Gasteiger partial charge in [-0.3, -0.25) is 4.68 Å². The van der Waals surface area contributed by atoms with Crippen LogP contribution >= 0.6 is 0 Å². The van der Waals surface area contributed by atoms with Crippen LogP contribution in [0.25, 0.3) is 10.9 Å². The van der Waals surface area contributed by atoms with E-state index in [1.165, 1.54) is 6.08 Å². The summed E-state index contributed by atoms with van der Waals surface area (Å²) in [5.74, 6) is 0. The van der Waals surface area contributed by atoms with Gasteiger partial charge in [0.1, 0.15) is 5.69 Å². The second-order valence-corrected chi connectivity index (χ2v) is 2.69. The molecular formula is C9H7N3O. The molecule has 64 valence electrons. The van der Waals surface area contributed by atoms with Crippen LogP contribution in [0, 0.1) is 0 Å². The van der Waals surface area contributed by atoms with Gasteiger partial charge in [0.2, 0.25) is 6.08 Å². The fourth-order valence-electron chi connectivity index (χ4n) is 1.35. The van der Waals surface area contributed by atoms with E-state index in [0.29, 0.717) is 5.69 Å². The summed E-state index contributed by atoms with van der Waals surface area (Å²) in [5.41, 5.74) is 1.46. The van der Waals surface area contributed by atoms with Crippen molar-refractivity contribution >= 4 is 22.7 Å². The Morgan fingerprint density at radius 2 is 2.38 bits per heavy atom. The monoisotopic (exact) mass is 173 g/mol. The molecule has 0 fully saturated rings. The number of hydrogen-bond acceptors (Lipinski definition) is 3. The van der Waals surface area contributed by atoms with E-state index in [4.69, 9.17) is 0 Å². The maximum atomic E-state index is 10.1. The number of aromatic nitrogens is 2. The number of aryl methyl sites for hydroxylation is 1. The fraction of sp³-hybridized carbons (Fsp3) is 0.111. The van der Waals surface area contributed by atoms with E-state index >= 15 is 0 Å². The Morgan fingerprint density at radius 1 is 1.54 bits per heavy atom. The van der Waals surface area contributed by atoms with Gasteiger partial charge in [-0.15, -0.1) is 0 Å². The third-order valence-corrected chi connectivity index (χ3v) is 1.91. The van der Waals surface area contributed by atoms with E-state index in [1.807, 2.05) is 19.2 Å². The molecule has 1 aromatic carbocycles. The molecule has 2 rings (SSSR count). The summed E-state index contributed by atoms with van der Waals surface area (Å²) < 4.78 is 1.69. The lowest BCUT2D eigenvalue weighted by Gasteiger charge is -1.96. The fourth-order valence-corrected chi connectivity index (χ4v) is 1.35. The van der Waals surface area contributed by atoms with Gasteiger partial charge >= 0.3 is 0 Å². The van der Waals surface area contributed by atoms with E-state index < -0.39 is 0 Å².